The van der Waals surface area contributed by atoms with E-state index in [1.54, 1.807) is 36.0 Å². The van der Waals surface area contributed by atoms with Crippen LogP contribution in [0.15, 0.2) is 48.5 Å². The highest BCUT2D eigenvalue weighted by molar-refractivity contribution is 5.92. The molecule has 2 aromatic carbocycles. The maximum Gasteiger partial charge on any atom is 0.228 e. The van der Waals surface area contributed by atoms with E-state index in [1.807, 2.05) is 12.1 Å². The molecule has 23 heavy (non-hydrogen) atoms. The number of tetrazole rings is 1. The zero-order chi connectivity index (χ0) is 16.2. The summed E-state index contributed by atoms with van der Waals surface area (Å²) in [5.74, 6) is 0.0298. The standard InChI is InChI=1S/C16H14FN5O/c1-22-16(19-20-21-22)12-5-3-7-14(10-12)18-15(23)9-11-4-2-6-13(17)8-11/h2-8,10H,9H2,1H3,(H,18,23). The van der Waals surface area contributed by atoms with Gasteiger partial charge in [-0.3, -0.25) is 4.79 Å². The Labute approximate surface area is 132 Å². The molecule has 1 heterocycles. The number of amides is 1. The summed E-state index contributed by atoms with van der Waals surface area (Å²) >= 11 is 0. The van der Waals surface area contributed by atoms with Gasteiger partial charge in [0.05, 0.1) is 6.42 Å². The first kappa shape index (κ1) is 14.8. The molecule has 3 aromatic rings. The number of halogens is 1. The van der Waals surface area contributed by atoms with Gasteiger partial charge in [0.2, 0.25) is 5.91 Å². The van der Waals surface area contributed by atoms with Gasteiger partial charge in [-0.05, 0) is 40.3 Å². The Hall–Kier alpha value is -3.09. The quantitative estimate of drug-likeness (QED) is 0.801. The molecule has 0 fully saturated rings. The Balaban J connectivity index is 1.73. The minimum atomic E-state index is -0.355. The number of hydrogen-bond donors (Lipinski definition) is 1. The lowest BCUT2D eigenvalue weighted by molar-refractivity contribution is -0.115. The van der Waals surface area contributed by atoms with Gasteiger partial charge < -0.3 is 5.32 Å². The Morgan fingerprint density at radius 1 is 1.22 bits per heavy atom. The van der Waals surface area contributed by atoms with Crippen molar-refractivity contribution in [2.45, 2.75) is 6.42 Å². The average molecular weight is 311 g/mol. The Morgan fingerprint density at radius 3 is 2.78 bits per heavy atom. The van der Waals surface area contributed by atoms with E-state index in [4.69, 9.17) is 0 Å². The van der Waals surface area contributed by atoms with Gasteiger partial charge in [0.1, 0.15) is 5.82 Å². The summed E-state index contributed by atoms with van der Waals surface area (Å²) in [4.78, 5) is 12.1. The third kappa shape index (κ3) is 3.57. The first-order valence-corrected chi connectivity index (χ1v) is 6.99. The average Bonchev–Trinajstić information content (AvgIpc) is 2.93. The van der Waals surface area contributed by atoms with Crippen molar-refractivity contribution in [1.82, 2.24) is 20.2 Å². The molecular weight excluding hydrogens is 297 g/mol. The highest BCUT2D eigenvalue weighted by Gasteiger charge is 2.09. The van der Waals surface area contributed by atoms with Gasteiger partial charge in [-0.1, -0.05) is 24.3 Å². The summed E-state index contributed by atoms with van der Waals surface area (Å²) in [6, 6.07) is 13.2. The monoisotopic (exact) mass is 311 g/mol. The first-order chi connectivity index (χ1) is 11.1. The molecule has 0 bridgehead atoms. The van der Waals surface area contributed by atoms with Crippen molar-refractivity contribution in [1.29, 1.82) is 0 Å². The number of rotatable bonds is 4. The number of aromatic nitrogens is 4. The smallest absolute Gasteiger partial charge is 0.228 e. The van der Waals surface area contributed by atoms with Crippen LogP contribution in [0.4, 0.5) is 10.1 Å². The summed E-state index contributed by atoms with van der Waals surface area (Å²) in [6.07, 6.45) is 0.105. The minimum Gasteiger partial charge on any atom is -0.326 e. The van der Waals surface area contributed by atoms with Crippen molar-refractivity contribution in [3.05, 3.63) is 59.9 Å². The number of carbonyl (C=O) groups is 1. The van der Waals surface area contributed by atoms with E-state index in [-0.39, 0.29) is 18.1 Å². The van der Waals surface area contributed by atoms with Crippen LogP contribution < -0.4 is 5.32 Å². The van der Waals surface area contributed by atoms with E-state index < -0.39 is 0 Å². The molecule has 6 nitrogen and oxygen atoms in total. The van der Waals surface area contributed by atoms with Crippen LogP contribution in [0.5, 0.6) is 0 Å². The van der Waals surface area contributed by atoms with E-state index in [9.17, 15) is 9.18 Å². The lowest BCUT2D eigenvalue weighted by atomic mass is 10.1. The summed E-state index contributed by atoms with van der Waals surface area (Å²) in [5, 5.41) is 14.1. The first-order valence-electron chi connectivity index (χ1n) is 6.99. The van der Waals surface area contributed by atoms with Crippen LogP contribution in [0.3, 0.4) is 0 Å². The summed E-state index contributed by atoms with van der Waals surface area (Å²) in [7, 11) is 1.74. The van der Waals surface area contributed by atoms with Crippen molar-refractivity contribution in [2.24, 2.45) is 7.05 Å². The van der Waals surface area contributed by atoms with Gasteiger partial charge in [0, 0.05) is 18.3 Å². The van der Waals surface area contributed by atoms with Crippen molar-refractivity contribution < 1.29 is 9.18 Å². The van der Waals surface area contributed by atoms with Gasteiger partial charge in [-0.25, -0.2) is 9.07 Å². The molecule has 1 aromatic heterocycles. The summed E-state index contributed by atoms with van der Waals surface area (Å²) in [5.41, 5.74) is 2.05. The normalized spacial score (nSPS) is 10.5. The number of nitrogens with zero attached hydrogens (tertiary/aromatic N) is 4. The highest BCUT2D eigenvalue weighted by atomic mass is 19.1. The van der Waals surface area contributed by atoms with E-state index in [0.29, 0.717) is 17.1 Å². The predicted molar refractivity (Wildman–Crippen MR) is 83.0 cm³/mol. The summed E-state index contributed by atoms with van der Waals surface area (Å²) < 4.78 is 14.7. The third-order valence-electron chi connectivity index (χ3n) is 3.28. The van der Waals surface area contributed by atoms with Crippen LogP contribution in [-0.4, -0.2) is 26.1 Å². The molecule has 3 rings (SSSR count). The van der Waals surface area contributed by atoms with E-state index >= 15 is 0 Å². The Morgan fingerprint density at radius 2 is 2.04 bits per heavy atom. The van der Waals surface area contributed by atoms with Crippen LogP contribution in [0.1, 0.15) is 5.56 Å². The zero-order valence-corrected chi connectivity index (χ0v) is 12.4. The topological polar surface area (TPSA) is 72.7 Å². The Kier molecular flexibility index (Phi) is 4.09. The number of anilines is 1. The second-order valence-corrected chi connectivity index (χ2v) is 5.06. The van der Waals surface area contributed by atoms with Crippen LogP contribution in [0.25, 0.3) is 11.4 Å². The van der Waals surface area contributed by atoms with Gasteiger partial charge in [-0.2, -0.15) is 0 Å². The Bertz CT molecular complexity index is 846. The van der Waals surface area contributed by atoms with Crippen molar-refractivity contribution in [2.75, 3.05) is 5.32 Å². The lowest BCUT2D eigenvalue weighted by Crippen LogP contribution is -2.14. The van der Waals surface area contributed by atoms with Gasteiger partial charge in [-0.15, -0.1) is 5.10 Å². The molecule has 1 N–H and O–H groups in total. The fraction of sp³-hybridized carbons (Fsp3) is 0.125. The van der Waals surface area contributed by atoms with Crippen molar-refractivity contribution in [3.63, 3.8) is 0 Å². The third-order valence-corrected chi connectivity index (χ3v) is 3.28. The number of carbonyl (C=O) groups excluding carboxylic acids is 1. The molecule has 0 aliphatic rings. The predicted octanol–water partition coefficient (Wildman–Crippen LogP) is 2.20. The molecule has 7 heteroatoms. The maximum atomic E-state index is 13.1. The van der Waals surface area contributed by atoms with Crippen molar-refractivity contribution in [3.8, 4) is 11.4 Å². The molecule has 0 atom stereocenters. The van der Waals surface area contributed by atoms with Crippen LogP contribution >= 0.6 is 0 Å². The van der Waals surface area contributed by atoms with E-state index in [2.05, 4.69) is 20.8 Å². The summed E-state index contributed by atoms with van der Waals surface area (Å²) in [6.45, 7) is 0. The second-order valence-electron chi connectivity index (χ2n) is 5.06. The van der Waals surface area contributed by atoms with Crippen molar-refractivity contribution >= 4 is 11.6 Å². The molecule has 0 saturated heterocycles. The van der Waals surface area contributed by atoms with E-state index in [0.717, 1.165) is 5.56 Å². The van der Waals surface area contributed by atoms with E-state index in [1.165, 1.54) is 12.1 Å². The van der Waals surface area contributed by atoms with Crippen LogP contribution in [-0.2, 0) is 18.3 Å². The number of hydrogen-bond acceptors (Lipinski definition) is 4. The molecule has 116 valence electrons. The molecule has 0 unspecified atom stereocenters. The molecule has 0 aliphatic heterocycles. The van der Waals surface area contributed by atoms with Gasteiger partial charge in [0.25, 0.3) is 0 Å². The van der Waals surface area contributed by atoms with Crippen LogP contribution in [0.2, 0.25) is 0 Å². The molecular formula is C16H14FN5O. The molecule has 0 saturated carbocycles. The van der Waals surface area contributed by atoms with Gasteiger partial charge >= 0.3 is 0 Å². The maximum absolute atomic E-state index is 13.1. The molecule has 0 spiro atoms. The lowest BCUT2D eigenvalue weighted by Gasteiger charge is -2.07. The molecule has 0 aliphatic carbocycles. The number of nitrogens with one attached hydrogen (secondary N) is 1. The molecule has 0 radical (unpaired) electrons. The largest absolute Gasteiger partial charge is 0.326 e. The molecule has 1 amide bonds. The number of benzene rings is 2. The highest BCUT2D eigenvalue weighted by Crippen LogP contribution is 2.19. The van der Waals surface area contributed by atoms with Gasteiger partial charge in [0.15, 0.2) is 5.82 Å². The number of aryl methyl sites for hydroxylation is 1. The minimum absolute atomic E-state index is 0.105. The fourth-order valence-electron chi connectivity index (χ4n) is 2.25. The second kappa shape index (κ2) is 6.35. The zero-order valence-electron chi connectivity index (χ0n) is 12.4. The fourth-order valence-corrected chi connectivity index (χ4v) is 2.25. The van der Waals surface area contributed by atoms with Crippen LogP contribution in [0, 0.1) is 5.82 Å². The SMILES string of the molecule is Cn1nnnc1-c1cccc(NC(=O)Cc2cccc(F)c2)c1.